The van der Waals surface area contributed by atoms with E-state index in [0.29, 0.717) is 11.3 Å². The fraction of sp³-hybridized carbons (Fsp3) is 0.867. The Balaban J connectivity index is 2.17. The minimum absolute atomic E-state index is 0.121. The maximum atomic E-state index is 10.2. The number of fused-ring (bicyclic) bond motifs is 1. The zero-order valence-corrected chi connectivity index (χ0v) is 11.4. The van der Waals surface area contributed by atoms with Crippen LogP contribution in [0.1, 0.15) is 52.9 Å². The van der Waals surface area contributed by atoms with Gasteiger partial charge in [-0.3, -0.25) is 0 Å². The first-order chi connectivity index (χ1) is 7.89. The van der Waals surface area contributed by atoms with Gasteiger partial charge < -0.3 is 10.2 Å². The van der Waals surface area contributed by atoms with Crippen LogP contribution in [0.5, 0.6) is 0 Å². The second-order valence-electron chi connectivity index (χ2n) is 6.68. The summed E-state index contributed by atoms with van der Waals surface area (Å²) in [5.41, 5.74) is 1.03. The van der Waals surface area contributed by atoms with E-state index in [0.717, 1.165) is 12.8 Å². The summed E-state index contributed by atoms with van der Waals surface area (Å²) in [5, 5.41) is 19.5. The monoisotopic (exact) mass is 238 g/mol. The van der Waals surface area contributed by atoms with Crippen LogP contribution in [-0.2, 0) is 0 Å². The van der Waals surface area contributed by atoms with E-state index < -0.39 is 5.60 Å². The van der Waals surface area contributed by atoms with Gasteiger partial charge in [0, 0.05) is 0 Å². The second kappa shape index (κ2) is 4.40. The summed E-state index contributed by atoms with van der Waals surface area (Å²) >= 11 is 0. The summed E-state index contributed by atoms with van der Waals surface area (Å²) < 4.78 is 0. The van der Waals surface area contributed by atoms with Gasteiger partial charge >= 0.3 is 0 Å². The Hall–Kier alpha value is -0.340. The molecule has 2 nitrogen and oxygen atoms in total. The van der Waals surface area contributed by atoms with Crippen molar-refractivity contribution in [2.24, 2.45) is 17.3 Å². The van der Waals surface area contributed by atoms with Gasteiger partial charge in [-0.25, -0.2) is 0 Å². The highest BCUT2D eigenvalue weighted by Gasteiger charge is 2.45. The third-order valence-corrected chi connectivity index (χ3v) is 5.36. The van der Waals surface area contributed by atoms with E-state index in [-0.39, 0.29) is 12.5 Å². The lowest BCUT2D eigenvalue weighted by molar-refractivity contribution is -0.0803. The summed E-state index contributed by atoms with van der Waals surface area (Å²) in [5.74, 6) is 0.847. The van der Waals surface area contributed by atoms with Crippen LogP contribution in [0.4, 0.5) is 0 Å². The molecule has 2 N–H and O–H groups in total. The minimum Gasteiger partial charge on any atom is -0.393 e. The van der Waals surface area contributed by atoms with Crippen LogP contribution in [-0.4, -0.2) is 22.4 Å². The molecule has 2 heteroatoms. The van der Waals surface area contributed by atoms with Crippen molar-refractivity contribution in [2.75, 3.05) is 6.61 Å². The molecule has 2 aliphatic carbocycles. The molecule has 17 heavy (non-hydrogen) atoms. The molecule has 0 aromatic rings. The summed E-state index contributed by atoms with van der Waals surface area (Å²) in [6.45, 7) is 6.29. The molecular weight excluding hydrogens is 212 g/mol. The molecular formula is C15H26O2. The fourth-order valence-electron chi connectivity index (χ4n) is 3.87. The van der Waals surface area contributed by atoms with Gasteiger partial charge in [0.15, 0.2) is 0 Å². The van der Waals surface area contributed by atoms with Crippen LogP contribution < -0.4 is 0 Å². The van der Waals surface area contributed by atoms with E-state index in [1.54, 1.807) is 6.92 Å². The highest BCUT2D eigenvalue weighted by atomic mass is 16.3. The quantitative estimate of drug-likeness (QED) is 0.726. The van der Waals surface area contributed by atoms with Gasteiger partial charge in [-0.05, 0) is 63.2 Å². The lowest BCUT2D eigenvalue weighted by atomic mass is 9.56. The van der Waals surface area contributed by atoms with Crippen molar-refractivity contribution < 1.29 is 10.2 Å². The van der Waals surface area contributed by atoms with E-state index in [2.05, 4.69) is 19.9 Å². The van der Waals surface area contributed by atoms with Gasteiger partial charge in [-0.1, -0.05) is 18.6 Å². The van der Waals surface area contributed by atoms with Crippen molar-refractivity contribution in [1.29, 1.82) is 0 Å². The van der Waals surface area contributed by atoms with Crippen molar-refractivity contribution in [3.63, 3.8) is 0 Å². The molecule has 0 amide bonds. The van der Waals surface area contributed by atoms with E-state index in [1.165, 1.54) is 24.8 Å². The van der Waals surface area contributed by atoms with Gasteiger partial charge in [-0.2, -0.15) is 0 Å². The zero-order chi connectivity index (χ0) is 12.7. The smallest absolute Gasteiger partial charge is 0.0877 e. The van der Waals surface area contributed by atoms with Gasteiger partial charge in [0.25, 0.3) is 0 Å². The standard InChI is InChI=1S/C15H26O2/c1-11-5-4-7-14(2)8-6-12(9-13(11)14)15(3,17)10-16/h5,12-13,16-17H,4,6-10H2,1-3H3. The van der Waals surface area contributed by atoms with Crippen molar-refractivity contribution in [3.05, 3.63) is 11.6 Å². The first kappa shape index (κ1) is 13.1. The molecule has 0 bridgehead atoms. The van der Waals surface area contributed by atoms with Gasteiger partial charge in [-0.15, -0.1) is 0 Å². The van der Waals surface area contributed by atoms with Gasteiger partial charge in [0.1, 0.15) is 0 Å². The Labute approximate surface area is 105 Å². The van der Waals surface area contributed by atoms with E-state index in [1.807, 2.05) is 0 Å². The number of aliphatic hydroxyl groups excluding tert-OH is 1. The van der Waals surface area contributed by atoms with Crippen LogP contribution in [0.3, 0.4) is 0 Å². The Morgan fingerprint density at radius 1 is 1.47 bits per heavy atom. The number of aliphatic hydroxyl groups is 2. The van der Waals surface area contributed by atoms with Crippen LogP contribution in [0.25, 0.3) is 0 Å². The lowest BCUT2D eigenvalue weighted by Crippen LogP contribution is -2.46. The Bertz CT molecular complexity index is 319. The van der Waals surface area contributed by atoms with E-state index in [9.17, 15) is 10.2 Å². The van der Waals surface area contributed by atoms with E-state index in [4.69, 9.17) is 0 Å². The summed E-state index contributed by atoms with van der Waals surface area (Å²) in [6.07, 6.45) is 8.12. The van der Waals surface area contributed by atoms with E-state index >= 15 is 0 Å². The first-order valence-electron chi connectivity index (χ1n) is 6.89. The molecule has 0 saturated heterocycles. The maximum Gasteiger partial charge on any atom is 0.0877 e. The second-order valence-corrected chi connectivity index (χ2v) is 6.68. The van der Waals surface area contributed by atoms with Crippen molar-refractivity contribution in [2.45, 2.75) is 58.5 Å². The molecule has 4 unspecified atom stereocenters. The zero-order valence-electron chi connectivity index (χ0n) is 11.4. The molecule has 1 saturated carbocycles. The summed E-state index contributed by atoms with van der Waals surface area (Å²) in [6, 6.07) is 0. The normalized spacial score (nSPS) is 41.4. The third kappa shape index (κ3) is 2.30. The molecule has 0 radical (unpaired) electrons. The number of rotatable bonds is 2. The Kier molecular flexibility index (Phi) is 3.39. The molecule has 2 rings (SSSR count). The predicted molar refractivity (Wildman–Crippen MR) is 69.6 cm³/mol. The molecule has 0 heterocycles. The van der Waals surface area contributed by atoms with Crippen molar-refractivity contribution in [3.8, 4) is 0 Å². The highest BCUT2D eigenvalue weighted by molar-refractivity contribution is 5.15. The fourth-order valence-corrected chi connectivity index (χ4v) is 3.87. The molecule has 2 aliphatic rings. The lowest BCUT2D eigenvalue weighted by Gasteiger charge is -2.50. The molecule has 98 valence electrons. The molecule has 0 aromatic carbocycles. The minimum atomic E-state index is -0.904. The average molecular weight is 238 g/mol. The van der Waals surface area contributed by atoms with Crippen LogP contribution in [0.2, 0.25) is 0 Å². The Morgan fingerprint density at radius 2 is 2.18 bits per heavy atom. The number of hydrogen-bond acceptors (Lipinski definition) is 2. The summed E-state index contributed by atoms with van der Waals surface area (Å²) in [4.78, 5) is 0. The maximum absolute atomic E-state index is 10.2. The largest absolute Gasteiger partial charge is 0.393 e. The Morgan fingerprint density at radius 3 is 2.82 bits per heavy atom. The molecule has 4 atom stereocenters. The molecule has 0 spiro atoms. The predicted octanol–water partition coefficient (Wildman–Crippen LogP) is 2.89. The average Bonchev–Trinajstić information content (AvgIpc) is 2.28. The topological polar surface area (TPSA) is 40.5 Å². The van der Waals surface area contributed by atoms with Crippen LogP contribution in [0, 0.1) is 17.3 Å². The number of allylic oxidation sites excluding steroid dienone is 2. The summed E-state index contributed by atoms with van der Waals surface area (Å²) in [7, 11) is 0. The molecule has 1 fully saturated rings. The van der Waals surface area contributed by atoms with Gasteiger partial charge in [0.2, 0.25) is 0 Å². The van der Waals surface area contributed by atoms with Crippen LogP contribution in [0.15, 0.2) is 11.6 Å². The highest BCUT2D eigenvalue weighted by Crippen LogP contribution is 2.53. The van der Waals surface area contributed by atoms with Crippen molar-refractivity contribution in [1.82, 2.24) is 0 Å². The number of hydrogen-bond donors (Lipinski definition) is 2. The molecule has 0 aromatic heterocycles. The SMILES string of the molecule is CC1=CCCC2(C)CCC(C(C)(O)CO)CC12. The van der Waals surface area contributed by atoms with Crippen molar-refractivity contribution >= 4 is 0 Å². The van der Waals surface area contributed by atoms with Crippen LogP contribution >= 0.6 is 0 Å². The van der Waals surface area contributed by atoms with Gasteiger partial charge in [0.05, 0.1) is 12.2 Å². The first-order valence-corrected chi connectivity index (χ1v) is 6.89. The third-order valence-electron chi connectivity index (χ3n) is 5.36. The molecule has 0 aliphatic heterocycles.